The first-order valence-corrected chi connectivity index (χ1v) is 12.4. The number of rotatable bonds is 6. The second-order valence-electron chi connectivity index (χ2n) is 7.66. The maximum atomic E-state index is 14.1. The Morgan fingerprint density at radius 2 is 1.90 bits per heavy atom. The predicted octanol–water partition coefficient (Wildman–Crippen LogP) is 4.80. The zero-order chi connectivity index (χ0) is 22.0. The molecule has 0 aliphatic carbocycles. The van der Waals surface area contributed by atoms with Gasteiger partial charge in [-0.15, -0.1) is 0 Å². The van der Waals surface area contributed by atoms with Crippen LogP contribution in [-0.4, -0.2) is 36.5 Å². The Kier molecular flexibility index (Phi) is 6.56. The first-order chi connectivity index (χ1) is 13.3. The number of carbonyl (C=O) groups is 1. The van der Waals surface area contributed by atoms with Crippen LogP contribution in [0.4, 0.5) is 17.6 Å². The second kappa shape index (κ2) is 8.40. The van der Waals surface area contributed by atoms with Gasteiger partial charge < -0.3 is 14.6 Å². The molecule has 158 valence electrons. The van der Waals surface area contributed by atoms with Crippen molar-refractivity contribution < 1.29 is 36.9 Å². The van der Waals surface area contributed by atoms with E-state index in [1.54, 1.807) is 0 Å². The van der Waals surface area contributed by atoms with E-state index >= 15 is 0 Å². The standard InChI is InChI=1S/C19H21F4NO4Si/c1-11(18(26)27-10-29(2,3)4)28-16-6-5-12(7-15(16)25)17-14(20)8-13(9-24-17)19(21,22)23/h5-9,11,25H,10H2,1-4H3. The third-order valence-corrected chi connectivity index (χ3v) is 4.69. The lowest BCUT2D eigenvalue weighted by Gasteiger charge is -2.19. The highest BCUT2D eigenvalue weighted by atomic mass is 28.3. The summed E-state index contributed by atoms with van der Waals surface area (Å²) in [5, 5.41) is 10.1. The molecular formula is C19H21F4NO4Si. The molecule has 1 aromatic heterocycles. The molecule has 0 spiro atoms. The zero-order valence-corrected chi connectivity index (χ0v) is 17.3. The molecule has 0 saturated heterocycles. The van der Waals surface area contributed by atoms with E-state index in [0.29, 0.717) is 18.5 Å². The van der Waals surface area contributed by atoms with E-state index < -0.39 is 43.5 Å². The highest BCUT2D eigenvalue weighted by Crippen LogP contribution is 2.35. The molecule has 1 aromatic carbocycles. The van der Waals surface area contributed by atoms with Crippen LogP contribution in [0, 0.1) is 5.82 Å². The van der Waals surface area contributed by atoms with Crippen LogP contribution in [0.2, 0.25) is 19.6 Å². The summed E-state index contributed by atoms with van der Waals surface area (Å²) < 4.78 is 62.5. The molecule has 2 rings (SSSR count). The normalized spacial score (nSPS) is 13.1. The molecule has 0 aliphatic heterocycles. The first-order valence-electron chi connectivity index (χ1n) is 8.67. The van der Waals surface area contributed by atoms with Crippen molar-refractivity contribution in [3.63, 3.8) is 0 Å². The molecule has 1 heterocycles. The summed E-state index contributed by atoms with van der Waals surface area (Å²) in [5.74, 6) is -2.26. The highest BCUT2D eigenvalue weighted by molar-refractivity contribution is 6.76. The third-order valence-electron chi connectivity index (χ3n) is 3.68. The molecule has 1 unspecified atom stereocenters. The molecule has 0 radical (unpaired) electrons. The molecule has 0 fully saturated rings. The van der Waals surface area contributed by atoms with Gasteiger partial charge in [-0.25, -0.2) is 9.18 Å². The van der Waals surface area contributed by atoms with Gasteiger partial charge in [-0.3, -0.25) is 4.98 Å². The fraction of sp³-hybridized carbons (Fsp3) is 0.368. The number of aromatic hydroxyl groups is 1. The Balaban J connectivity index is 2.15. The summed E-state index contributed by atoms with van der Waals surface area (Å²) in [6.07, 6.45) is -4.88. The number of nitrogens with zero attached hydrogens (tertiary/aromatic N) is 1. The Labute approximate surface area is 166 Å². The van der Waals surface area contributed by atoms with Crippen molar-refractivity contribution in [2.75, 3.05) is 6.23 Å². The minimum absolute atomic E-state index is 0.0510. The number of benzene rings is 1. The van der Waals surface area contributed by atoms with Crippen molar-refractivity contribution in [2.24, 2.45) is 0 Å². The molecule has 2 aromatic rings. The number of phenols is 1. The number of hydrogen-bond acceptors (Lipinski definition) is 5. The monoisotopic (exact) mass is 431 g/mol. The van der Waals surface area contributed by atoms with Crippen LogP contribution in [-0.2, 0) is 15.7 Å². The number of pyridine rings is 1. The fourth-order valence-corrected chi connectivity index (χ4v) is 2.79. The van der Waals surface area contributed by atoms with Gasteiger partial charge in [-0.2, -0.15) is 13.2 Å². The summed E-state index contributed by atoms with van der Waals surface area (Å²) in [7, 11) is -1.60. The van der Waals surface area contributed by atoms with Gasteiger partial charge in [0.2, 0.25) is 0 Å². The number of ether oxygens (including phenoxy) is 2. The SMILES string of the molecule is CC(Oc1ccc(-c2ncc(C(F)(F)F)cc2F)cc1O)C(=O)OC[Si](C)(C)C. The summed E-state index contributed by atoms with van der Waals surface area (Å²) in [5.41, 5.74) is -1.52. The van der Waals surface area contributed by atoms with E-state index in [0.717, 1.165) is 6.07 Å². The fourth-order valence-electron chi connectivity index (χ4n) is 2.21. The van der Waals surface area contributed by atoms with Crippen LogP contribution in [0.15, 0.2) is 30.5 Å². The van der Waals surface area contributed by atoms with Crippen molar-refractivity contribution in [3.05, 3.63) is 41.8 Å². The van der Waals surface area contributed by atoms with Gasteiger partial charge in [-0.05, 0) is 31.2 Å². The van der Waals surface area contributed by atoms with Gasteiger partial charge in [0.15, 0.2) is 17.6 Å². The quantitative estimate of drug-likeness (QED) is 0.404. The molecule has 0 bridgehead atoms. The van der Waals surface area contributed by atoms with Crippen molar-refractivity contribution in [2.45, 2.75) is 38.8 Å². The molecule has 0 saturated carbocycles. The number of alkyl halides is 3. The molecule has 1 atom stereocenters. The van der Waals surface area contributed by atoms with Crippen LogP contribution in [0.1, 0.15) is 12.5 Å². The lowest BCUT2D eigenvalue weighted by Crippen LogP contribution is -2.34. The van der Waals surface area contributed by atoms with Gasteiger partial charge in [0.25, 0.3) is 0 Å². The Bertz CT molecular complexity index is 897. The van der Waals surface area contributed by atoms with Gasteiger partial charge >= 0.3 is 12.1 Å². The van der Waals surface area contributed by atoms with E-state index in [9.17, 15) is 27.5 Å². The number of hydrogen-bond donors (Lipinski definition) is 1. The maximum absolute atomic E-state index is 14.1. The molecule has 10 heteroatoms. The maximum Gasteiger partial charge on any atom is 0.417 e. The Morgan fingerprint density at radius 3 is 2.41 bits per heavy atom. The van der Waals surface area contributed by atoms with Gasteiger partial charge in [0.05, 0.1) is 19.9 Å². The molecule has 29 heavy (non-hydrogen) atoms. The molecule has 1 N–H and O–H groups in total. The van der Waals surface area contributed by atoms with Crippen LogP contribution in [0.25, 0.3) is 11.3 Å². The Hall–Kier alpha value is -2.62. The Morgan fingerprint density at radius 1 is 1.24 bits per heavy atom. The number of carbonyl (C=O) groups excluding carboxylic acids is 1. The van der Waals surface area contributed by atoms with Crippen LogP contribution in [0.3, 0.4) is 0 Å². The number of halogens is 4. The lowest BCUT2D eigenvalue weighted by molar-refractivity contribution is -0.149. The van der Waals surface area contributed by atoms with Gasteiger partial charge in [0, 0.05) is 11.8 Å². The zero-order valence-electron chi connectivity index (χ0n) is 16.3. The van der Waals surface area contributed by atoms with Gasteiger partial charge in [-0.1, -0.05) is 19.6 Å². The highest BCUT2D eigenvalue weighted by Gasteiger charge is 2.32. The molecule has 0 aliphatic rings. The minimum atomic E-state index is -4.72. The average molecular weight is 431 g/mol. The van der Waals surface area contributed by atoms with Crippen LogP contribution in [0.5, 0.6) is 11.5 Å². The smallest absolute Gasteiger partial charge is 0.417 e. The van der Waals surface area contributed by atoms with E-state index in [1.165, 1.54) is 19.1 Å². The van der Waals surface area contributed by atoms with Crippen molar-refractivity contribution in [1.82, 2.24) is 4.98 Å². The van der Waals surface area contributed by atoms with E-state index in [2.05, 4.69) is 4.98 Å². The first kappa shape index (κ1) is 22.7. The minimum Gasteiger partial charge on any atom is -0.504 e. The van der Waals surface area contributed by atoms with E-state index in [1.807, 2.05) is 19.6 Å². The van der Waals surface area contributed by atoms with E-state index in [4.69, 9.17) is 9.47 Å². The molecule has 0 amide bonds. The topological polar surface area (TPSA) is 68.7 Å². The van der Waals surface area contributed by atoms with Crippen molar-refractivity contribution in [1.29, 1.82) is 0 Å². The molecular weight excluding hydrogens is 410 g/mol. The number of esters is 1. The summed E-state index contributed by atoms with van der Waals surface area (Å²) in [6, 6.07) is 4.01. The van der Waals surface area contributed by atoms with E-state index in [-0.39, 0.29) is 17.0 Å². The van der Waals surface area contributed by atoms with Crippen molar-refractivity contribution in [3.8, 4) is 22.8 Å². The third kappa shape index (κ3) is 6.18. The largest absolute Gasteiger partial charge is 0.504 e. The summed E-state index contributed by atoms with van der Waals surface area (Å²) in [6.45, 7) is 7.55. The predicted molar refractivity (Wildman–Crippen MR) is 101 cm³/mol. The second-order valence-corrected chi connectivity index (χ2v) is 13.1. The molecule has 5 nitrogen and oxygen atoms in total. The van der Waals surface area contributed by atoms with Crippen LogP contribution >= 0.6 is 0 Å². The summed E-state index contributed by atoms with van der Waals surface area (Å²) in [4.78, 5) is 15.5. The van der Waals surface area contributed by atoms with Crippen LogP contribution < -0.4 is 4.74 Å². The van der Waals surface area contributed by atoms with Crippen molar-refractivity contribution >= 4 is 14.0 Å². The number of phenolic OH excluding ortho intramolecular Hbond substituents is 1. The van der Waals surface area contributed by atoms with Gasteiger partial charge in [0.1, 0.15) is 11.5 Å². The average Bonchev–Trinajstić information content (AvgIpc) is 2.59. The number of aromatic nitrogens is 1. The summed E-state index contributed by atoms with van der Waals surface area (Å²) >= 11 is 0. The lowest BCUT2D eigenvalue weighted by atomic mass is 10.1.